The lowest BCUT2D eigenvalue weighted by Crippen LogP contribution is -2.44. The molecule has 116 valence electrons. The van der Waals surface area contributed by atoms with Crippen LogP contribution in [-0.4, -0.2) is 43.5 Å². The van der Waals surface area contributed by atoms with Crippen LogP contribution in [0, 0.1) is 11.6 Å². The molecule has 0 radical (unpaired) electrons. The minimum absolute atomic E-state index is 0.140. The molecule has 0 bridgehead atoms. The van der Waals surface area contributed by atoms with E-state index in [0.717, 1.165) is 37.7 Å². The molecule has 1 aromatic carbocycles. The van der Waals surface area contributed by atoms with Gasteiger partial charge in [-0.25, -0.2) is 8.78 Å². The Bertz CT molecular complexity index is 470. The highest BCUT2D eigenvalue weighted by Gasteiger charge is 2.16. The number of amides is 1. The number of nitrogens with zero attached hydrogens (tertiary/aromatic N) is 1. The average molecular weight is 297 g/mol. The predicted octanol–water partition coefficient (Wildman–Crippen LogP) is 1.98. The van der Waals surface area contributed by atoms with Gasteiger partial charge in [-0.3, -0.25) is 9.69 Å². The van der Waals surface area contributed by atoms with Gasteiger partial charge in [0.15, 0.2) is 0 Å². The van der Waals surface area contributed by atoms with Crippen molar-refractivity contribution in [3.05, 3.63) is 29.8 Å². The molecule has 1 aromatic rings. The number of rotatable bonds is 5. The Balaban J connectivity index is 1.80. The maximum Gasteiger partial charge on any atom is 0.238 e. The van der Waals surface area contributed by atoms with E-state index in [2.05, 4.69) is 10.6 Å². The molecule has 0 aliphatic carbocycles. The monoisotopic (exact) mass is 297 g/mol. The molecular formula is C15H21F2N3O. The number of piperidine rings is 1. The van der Waals surface area contributed by atoms with Crippen LogP contribution in [0.2, 0.25) is 0 Å². The molecule has 0 spiro atoms. The first-order chi connectivity index (χ1) is 10.0. The third-order valence-corrected chi connectivity index (χ3v) is 3.50. The summed E-state index contributed by atoms with van der Waals surface area (Å²) >= 11 is 0. The molecule has 1 saturated heterocycles. The Morgan fingerprint density at radius 3 is 2.67 bits per heavy atom. The van der Waals surface area contributed by atoms with Crippen molar-refractivity contribution in [1.29, 1.82) is 0 Å². The Morgan fingerprint density at radius 1 is 1.33 bits per heavy atom. The Kier molecular flexibility index (Phi) is 5.64. The molecule has 1 aliphatic heterocycles. The smallest absolute Gasteiger partial charge is 0.238 e. The van der Waals surface area contributed by atoms with E-state index in [1.807, 2.05) is 11.9 Å². The normalized spacial score (nSPS) is 18.8. The van der Waals surface area contributed by atoms with Gasteiger partial charge in [-0.05, 0) is 38.6 Å². The van der Waals surface area contributed by atoms with Crippen LogP contribution >= 0.6 is 0 Å². The highest BCUT2D eigenvalue weighted by molar-refractivity contribution is 5.92. The molecule has 1 atom stereocenters. The number of likely N-dealkylation sites (N-methyl/N-ethyl adjacent to an activating group) is 1. The maximum atomic E-state index is 13.0. The number of benzene rings is 1. The van der Waals surface area contributed by atoms with Crippen molar-refractivity contribution in [3.63, 3.8) is 0 Å². The number of carbonyl (C=O) groups excluding carboxylic acids is 1. The van der Waals surface area contributed by atoms with Crippen LogP contribution in [0.25, 0.3) is 0 Å². The van der Waals surface area contributed by atoms with Crippen LogP contribution in [0.5, 0.6) is 0 Å². The van der Waals surface area contributed by atoms with Crippen molar-refractivity contribution in [1.82, 2.24) is 10.2 Å². The largest absolute Gasteiger partial charge is 0.325 e. The van der Waals surface area contributed by atoms with Crippen LogP contribution in [0.15, 0.2) is 18.2 Å². The van der Waals surface area contributed by atoms with Crippen molar-refractivity contribution in [3.8, 4) is 0 Å². The number of hydrogen-bond donors (Lipinski definition) is 2. The molecule has 1 unspecified atom stereocenters. The third kappa shape index (κ3) is 5.40. The lowest BCUT2D eigenvalue weighted by molar-refractivity contribution is -0.117. The zero-order valence-electron chi connectivity index (χ0n) is 12.2. The van der Waals surface area contributed by atoms with E-state index in [1.165, 1.54) is 12.8 Å². The van der Waals surface area contributed by atoms with Gasteiger partial charge < -0.3 is 10.6 Å². The SMILES string of the molecule is CN(CC(=O)Nc1cc(F)cc(F)c1)CC1CCCCN1. The number of carbonyl (C=O) groups is 1. The standard InChI is InChI=1S/C15H21F2N3O/c1-20(9-13-4-2-3-5-18-13)10-15(21)19-14-7-11(16)6-12(17)8-14/h6-8,13,18H,2-5,9-10H2,1H3,(H,19,21). The highest BCUT2D eigenvalue weighted by Crippen LogP contribution is 2.13. The Morgan fingerprint density at radius 2 is 2.05 bits per heavy atom. The van der Waals surface area contributed by atoms with E-state index in [0.29, 0.717) is 6.04 Å². The minimum atomic E-state index is -0.704. The predicted molar refractivity (Wildman–Crippen MR) is 78.1 cm³/mol. The molecule has 2 rings (SSSR count). The Labute approximate surface area is 123 Å². The van der Waals surface area contributed by atoms with Crippen LogP contribution in [0.4, 0.5) is 14.5 Å². The van der Waals surface area contributed by atoms with Gasteiger partial charge in [0.25, 0.3) is 0 Å². The molecule has 0 aromatic heterocycles. The zero-order valence-corrected chi connectivity index (χ0v) is 12.2. The molecule has 6 heteroatoms. The molecule has 1 heterocycles. The van der Waals surface area contributed by atoms with Crippen molar-refractivity contribution in [2.24, 2.45) is 0 Å². The average Bonchev–Trinajstić information content (AvgIpc) is 2.37. The van der Waals surface area contributed by atoms with Gasteiger partial charge in [0, 0.05) is 24.3 Å². The number of halogens is 2. The minimum Gasteiger partial charge on any atom is -0.325 e. The van der Waals surface area contributed by atoms with Gasteiger partial charge in [-0.15, -0.1) is 0 Å². The second kappa shape index (κ2) is 7.47. The van der Waals surface area contributed by atoms with Crippen molar-refractivity contribution in [2.75, 3.05) is 32.0 Å². The summed E-state index contributed by atoms with van der Waals surface area (Å²) in [6, 6.07) is 3.38. The van der Waals surface area contributed by atoms with Gasteiger partial charge in [-0.2, -0.15) is 0 Å². The number of anilines is 1. The van der Waals surface area contributed by atoms with E-state index in [9.17, 15) is 13.6 Å². The fraction of sp³-hybridized carbons (Fsp3) is 0.533. The lowest BCUT2D eigenvalue weighted by atomic mass is 10.0. The second-order valence-electron chi connectivity index (χ2n) is 5.55. The first-order valence-corrected chi connectivity index (χ1v) is 7.21. The summed E-state index contributed by atoms with van der Waals surface area (Å²) in [7, 11) is 1.86. The summed E-state index contributed by atoms with van der Waals surface area (Å²) in [5, 5.41) is 5.93. The van der Waals surface area contributed by atoms with E-state index >= 15 is 0 Å². The quantitative estimate of drug-likeness (QED) is 0.873. The van der Waals surface area contributed by atoms with E-state index in [4.69, 9.17) is 0 Å². The van der Waals surface area contributed by atoms with Crippen LogP contribution in [0.1, 0.15) is 19.3 Å². The fourth-order valence-electron chi connectivity index (χ4n) is 2.59. The molecule has 0 saturated carbocycles. The molecule has 1 fully saturated rings. The summed E-state index contributed by atoms with van der Waals surface area (Å²) < 4.78 is 26.1. The summed E-state index contributed by atoms with van der Waals surface area (Å²) in [4.78, 5) is 13.8. The van der Waals surface area contributed by atoms with Gasteiger partial charge in [0.05, 0.1) is 6.54 Å². The highest BCUT2D eigenvalue weighted by atomic mass is 19.1. The summed E-state index contributed by atoms with van der Waals surface area (Å²) in [5.74, 6) is -1.69. The van der Waals surface area contributed by atoms with E-state index in [-0.39, 0.29) is 18.1 Å². The van der Waals surface area contributed by atoms with Crippen molar-refractivity contribution < 1.29 is 13.6 Å². The summed E-state index contributed by atoms with van der Waals surface area (Å²) in [6.07, 6.45) is 3.52. The molecule has 2 N–H and O–H groups in total. The Hall–Kier alpha value is -1.53. The number of hydrogen-bond acceptors (Lipinski definition) is 3. The van der Waals surface area contributed by atoms with E-state index in [1.54, 1.807) is 0 Å². The van der Waals surface area contributed by atoms with Crippen LogP contribution in [-0.2, 0) is 4.79 Å². The second-order valence-corrected chi connectivity index (χ2v) is 5.55. The van der Waals surface area contributed by atoms with Crippen LogP contribution in [0.3, 0.4) is 0 Å². The fourth-order valence-corrected chi connectivity index (χ4v) is 2.59. The van der Waals surface area contributed by atoms with Gasteiger partial charge in [0.2, 0.25) is 5.91 Å². The maximum absolute atomic E-state index is 13.0. The van der Waals surface area contributed by atoms with Crippen molar-refractivity contribution in [2.45, 2.75) is 25.3 Å². The zero-order chi connectivity index (χ0) is 15.2. The summed E-state index contributed by atoms with van der Waals surface area (Å²) in [6.45, 7) is 1.99. The first kappa shape index (κ1) is 15.9. The summed E-state index contributed by atoms with van der Waals surface area (Å²) in [5.41, 5.74) is 0.140. The van der Waals surface area contributed by atoms with Crippen molar-refractivity contribution >= 4 is 11.6 Å². The molecule has 1 amide bonds. The van der Waals surface area contributed by atoms with Gasteiger partial charge in [0.1, 0.15) is 11.6 Å². The lowest BCUT2D eigenvalue weighted by Gasteiger charge is -2.27. The first-order valence-electron chi connectivity index (χ1n) is 7.21. The molecule has 1 aliphatic rings. The molecule has 4 nitrogen and oxygen atoms in total. The van der Waals surface area contributed by atoms with E-state index < -0.39 is 11.6 Å². The molecule has 21 heavy (non-hydrogen) atoms. The van der Waals surface area contributed by atoms with Gasteiger partial charge >= 0.3 is 0 Å². The topological polar surface area (TPSA) is 44.4 Å². The van der Waals surface area contributed by atoms with Crippen LogP contribution < -0.4 is 10.6 Å². The third-order valence-electron chi connectivity index (χ3n) is 3.50. The molecular weight excluding hydrogens is 276 g/mol. The number of nitrogens with one attached hydrogen (secondary N) is 2. The van der Waals surface area contributed by atoms with Gasteiger partial charge in [-0.1, -0.05) is 6.42 Å².